The van der Waals surface area contributed by atoms with Gasteiger partial charge in [0.1, 0.15) is 0 Å². The van der Waals surface area contributed by atoms with Gasteiger partial charge >= 0.3 is 0 Å². The summed E-state index contributed by atoms with van der Waals surface area (Å²) in [6.45, 7) is 4.31. The monoisotopic (exact) mass is 220 g/mol. The summed E-state index contributed by atoms with van der Waals surface area (Å²) in [6, 6.07) is 0. The molecule has 4 N–H and O–H groups in total. The summed E-state index contributed by atoms with van der Waals surface area (Å²) in [4.78, 5) is 0. The second kappa shape index (κ2) is 4.28. The standard InChI is InChI=1S/C12H20N4/c1-7(2)11-9(5-6-10(13)14)12(16-15-11)8-3-4-8/h7-8H,3-6H2,1-2H3,(H3,13,14)(H,15,16). The smallest absolute Gasteiger partial charge is 0.0908 e. The molecule has 1 heterocycles. The highest BCUT2D eigenvalue weighted by Gasteiger charge is 2.29. The van der Waals surface area contributed by atoms with Crippen molar-refractivity contribution < 1.29 is 0 Å². The van der Waals surface area contributed by atoms with E-state index in [1.807, 2.05) is 0 Å². The van der Waals surface area contributed by atoms with Crippen molar-refractivity contribution in [2.45, 2.75) is 51.4 Å². The van der Waals surface area contributed by atoms with Crippen LogP contribution in [0.15, 0.2) is 0 Å². The largest absolute Gasteiger partial charge is 0.388 e. The van der Waals surface area contributed by atoms with Crippen molar-refractivity contribution in [1.82, 2.24) is 10.2 Å². The molecule has 0 spiro atoms. The second-order valence-electron chi connectivity index (χ2n) is 4.96. The Balaban J connectivity index is 2.22. The third kappa shape index (κ3) is 2.26. The lowest BCUT2D eigenvalue weighted by Crippen LogP contribution is -2.11. The lowest BCUT2D eigenvalue weighted by Gasteiger charge is -2.07. The topological polar surface area (TPSA) is 78.5 Å². The van der Waals surface area contributed by atoms with Crippen molar-refractivity contribution in [3.8, 4) is 0 Å². The van der Waals surface area contributed by atoms with E-state index in [1.54, 1.807) is 0 Å². The summed E-state index contributed by atoms with van der Waals surface area (Å²) in [5.41, 5.74) is 9.19. The Hall–Kier alpha value is -1.32. The molecule has 16 heavy (non-hydrogen) atoms. The molecule has 1 aromatic heterocycles. The number of aromatic amines is 1. The maximum absolute atomic E-state index is 7.32. The Labute approximate surface area is 96.1 Å². The van der Waals surface area contributed by atoms with Crippen molar-refractivity contribution in [3.05, 3.63) is 17.0 Å². The Morgan fingerprint density at radius 1 is 1.56 bits per heavy atom. The average Bonchev–Trinajstić information content (AvgIpc) is 2.95. The van der Waals surface area contributed by atoms with E-state index < -0.39 is 0 Å². The predicted octanol–water partition coefficient (Wildman–Crippen LogP) is 2.28. The van der Waals surface area contributed by atoms with Crippen LogP contribution in [0.5, 0.6) is 0 Å². The summed E-state index contributed by atoms with van der Waals surface area (Å²) >= 11 is 0. The van der Waals surface area contributed by atoms with E-state index in [1.165, 1.54) is 24.1 Å². The van der Waals surface area contributed by atoms with Crippen LogP contribution in [0.25, 0.3) is 0 Å². The zero-order valence-corrected chi connectivity index (χ0v) is 10.0. The SMILES string of the molecule is CC(C)c1n[nH]c(C2CC2)c1CCC(=N)N. The molecule has 1 aromatic rings. The molecular formula is C12H20N4. The average molecular weight is 220 g/mol. The quantitative estimate of drug-likeness (QED) is 0.525. The molecule has 0 aromatic carbocycles. The van der Waals surface area contributed by atoms with E-state index in [0.717, 1.165) is 12.1 Å². The maximum atomic E-state index is 7.32. The van der Waals surface area contributed by atoms with Crippen LogP contribution in [0.2, 0.25) is 0 Å². The number of amidine groups is 1. The molecule has 4 nitrogen and oxygen atoms in total. The van der Waals surface area contributed by atoms with Crippen LogP contribution in [0.4, 0.5) is 0 Å². The number of nitrogens with one attached hydrogen (secondary N) is 2. The van der Waals surface area contributed by atoms with Crippen LogP contribution in [-0.2, 0) is 6.42 Å². The number of hydrogen-bond donors (Lipinski definition) is 3. The zero-order chi connectivity index (χ0) is 11.7. The van der Waals surface area contributed by atoms with Crippen LogP contribution < -0.4 is 5.73 Å². The van der Waals surface area contributed by atoms with Gasteiger partial charge in [-0.25, -0.2) is 0 Å². The molecular weight excluding hydrogens is 200 g/mol. The molecule has 0 bridgehead atoms. The van der Waals surface area contributed by atoms with E-state index in [4.69, 9.17) is 11.1 Å². The first-order valence-electron chi connectivity index (χ1n) is 5.99. The Morgan fingerprint density at radius 3 is 2.75 bits per heavy atom. The molecule has 0 amide bonds. The first kappa shape index (κ1) is 11.2. The highest BCUT2D eigenvalue weighted by Crippen LogP contribution is 2.42. The molecule has 0 aliphatic heterocycles. The molecule has 0 unspecified atom stereocenters. The number of nitrogens with zero attached hydrogens (tertiary/aromatic N) is 1. The minimum atomic E-state index is 0.262. The number of hydrogen-bond acceptors (Lipinski definition) is 2. The zero-order valence-electron chi connectivity index (χ0n) is 10.0. The lowest BCUT2D eigenvalue weighted by molar-refractivity contribution is 0.793. The molecule has 1 aliphatic carbocycles. The molecule has 0 radical (unpaired) electrons. The van der Waals surface area contributed by atoms with Crippen LogP contribution >= 0.6 is 0 Å². The van der Waals surface area contributed by atoms with Crippen molar-refractivity contribution in [3.63, 3.8) is 0 Å². The van der Waals surface area contributed by atoms with Gasteiger partial charge in [0, 0.05) is 18.0 Å². The van der Waals surface area contributed by atoms with Gasteiger partial charge in [-0.05, 0) is 30.7 Å². The van der Waals surface area contributed by atoms with Gasteiger partial charge in [0.2, 0.25) is 0 Å². The summed E-state index contributed by atoms with van der Waals surface area (Å²) in [5.74, 6) is 1.38. The molecule has 88 valence electrons. The van der Waals surface area contributed by atoms with E-state index in [0.29, 0.717) is 18.3 Å². The van der Waals surface area contributed by atoms with Crippen molar-refractivity contribution >= 4 is 5.84 Å². The minimum absolute atomic E-state index is 0.262. The van der Waals surface area contributed by atoms with Gasteiger partial charge in [0.25, 0.3) is 0 Å². The van der Waals surface area contributed by atoms with Crippen LogP contribution in [-0.4, -0.2) is 16.0 Å². The van der Waals surface area contributed by atoms with Crippen molar-refractivity contribution in [2.24, 2.45) is 5.73 Å². The first-order chi connectivity index (χ1) is 7.59. The molecule has 2 rings (SSSR count). The number of nitrogens with two attached hydrogens (primary N) is 1. The molecule has 0 atom stereocenters. The molecule has 1 saturated carbocycles. The van der Waals surface area contributed by atoms with E-state index >= 15 is 0 Å². The lowest BCUT2D eigenvalue weighted by atomic mass is 9.98. The summed E-state index contributed by atoms with van der Waals surface area (Å²) in [6.07, 6.45) is 4.03. The Bertz CT molecular complexity index is 368. The van der Waals surface area contributed by atoms with Crippen molar-refractivity contribution in [1.29, 1.82) is 5.41 Å². The normalized spacial score (nSPS) is 15.7. The summed E-state index contributed by atoms with van der Waals surface area (Å²) in [5, 5.41) is 14.9. The fourth-order valence-corrected chi connectivity index (χ4v) is 2.10. The second-order valence-corrected chi connectivity index (χ2v) is 4.96. The third-order valence-corrected chi connectivity index (χ3v) is 3.11. The highest BCUT2D eigenvalue weighted by molar-refractivity contribution is 5.77. The number of aromatic nitrogens is 2. The van der Waals surface area contributed by atoms with Gasteiger partial charge in [-0.1, -0.05) is 13.8 Å². The molecule has 4 heteroatoms. The molecule has 1 fully saturated rings. The predicted molar refractivity (Wildman–Crippen MR) is 64.9 cm³/mol. The highest BCUT2D eigenvalue weighted by atomic mass is 15.1. The van der Waals surface area contributed by atoms with E-state index in [-0.39, 0.29) is 5.84 Å². The van der Waals surface area contributed by atoms with Crippen molar-refractivity contribution in [2.75, 3.05) is 0 Å². The van der Waals surface area contributed by atoms with Gasteiger partial charge < -0.3 is 5.73 Å². The molecule has 1 aliphatic rings. The van der Waals surface area contributed by atoms with Crippen LogP contribution in [0.1, 0.15) is 61.9 Å². The van der Waals surface area contributed by atoms with E-state index in [2.05, 4.69) is 24.0 Å². The number of H-pyrrole nitrogens is 1. The maximum Gasteiger partial charge on any atom is 0.0908 e. The van der Waals surface area contributed by atoms with Crippen LogP contribution in [0.3, 0.4) is 0 Å². The minimum Gasteiger partial charge on any atom is -0.388 e. The van der Waals surface area contributed by atoms with Gasteiger partial charge in [0.05, 0.1) is 11.5 Å². The van der Waals surface area contributed by atoms with E-state index in [9.17, 15) is 0 Å². The number of rotatable bonds is 5. The third-order valence-electron chi connectivity index (χ3n) is 3.11. The fraction of sp³-hybridized carbons (Fsp3) is 0.667. The van der Waals surface area contributed by atoms with Gasteiger partial charge in [0.15, 0.2) is 0 Å². The summed E-state index contributed by atoms with van der Waals surface area (Å²) in [7, 11) is 0. The van der Waals surface area contributed by atoms with Gasteiger partial charge in [-0.3, -0.25) is 10.5 Å². The fourth-order valence-electron chi connectivity index (χ4n) is 2.10. The summed E-state index contributed by atoms with van der Waals surface area (Å²) < 4.78 is 0. The van der Waals surface area contributed by atoms with Gasteiger partial charge in [-0.15, -0.1) is 0 Å². The molecule has 0 saturated heterocycles. The first-order valence-corrected chi connectivity index (χ1v) is 5.99. The van der Waals surface area contributed by atoms with Crippen LogP contribution in [0, 0.1) is 5.41 Å². The van der Waals surface area contributed by atoms with Gasteiger partial charge in [-0.2, -0.15) is 5.10 Å². The Kier molecular flexibility index (Phi) is 2.99. The Morgan fingerprint density at radius 2 is 2.25 bits per heavy atom.